The van der Waals surface area contributed by atoms with Gasteiger partial charge in [-0.3, -0.25) is 4.79 Å². The van der Waals surface area contributed by atoms with Crippen molar-refractivity contribution < 1.29 is 13.9 Å². The normalized spacial score (nSPS) is 26.7. The molecular formula is C19H27FN2O2. The summed E-state index contributed by atoms with van der Waals surface area (Å²) in [6.07, 6.45) is 5.75. The Morgan fingerprint density at radius 1 is 1.29 bits per heavy atom. The van der Waals surface area contributed by atoms with Crippen LogP contribution in [0.2, 0.25) is 0 Å². The molecule has 5 heteroatoms. The molecule has 1 heterocycles. The number of carbonyl (C=O) groups is 1. The predicted octanol–water partition coefficient (Wildman–Crippen LogP) is 2.85. The van der Waals surface area contributed by atoms with E-state index in [2.05, 4.69) is 0 Å². The van der Waals surface area contributed by atoms with Gasteiger partial charge in [-0.2, -0.15) is 0 Å². The van der Waals surface area contributed by atoms with E-state index in [1.807, 2.05) is 11.0 Å². The second kappa shape index (κ2) is 8.08. The van der Waals surface area contributed by atoms with Gasteiger partial charge in [-0.1, -0.05) is 18.6 Å². The fourth-order valence-corrected chi connectivity index (χ4v) is 3.82. The maximum absolute atomic E-state index is 13.5. The number of carbonyl (C=O) groups excluding carboxylic acids is 1. The number of hydrogen-bond acceptors (Lipinski definition) is 3. The average molecular weight is 334 g/mol. The van der Waals surface area contributed by atoms with E-state index in [-0.39, 0.29) is 29.8 Å². The number of rotatable bonds is 6. The number of hydrogen-bond donors (Lipinski definition) is 1. The molecule has 1 aromatic rings. The van der Waals surface area contributed by atoms with Crippen molar-refractivity contribution >= 4 is 5.91 Å². The van der Waals surface area contributed by atoms with Crippen molar-refractivity contribution in [3.05, 3.63) is 35.6 Å². The molecule has 0 spiro atoms. The molecule has 0 aromatic heterocycles. The smallest absolute Gasteiger partial charge is 0.223 e. The summed E-state index contributed by atoms with van der Waals surface area (Å²) in [7, 11) is 0. The summed E-state index contributed by atoms with van der Waals surface area (Å²) in [5.74, 6) is 0.115. The first-order valence-corrected chi connectivity index (χ1v) is 9.01. The molecule has 24 heavy (non-hydrogen) atoms. The van der Waals surface area contributed by atoms with Crippen LogP contribution < -0.4 is 5.73 Å². The molecule has 2 N–H and O–H groups in total. The van der Waals surface area contributed by atoms with Crippen molar-refractivity contribution in [1.29, 1.82) is 0 Å². The highest BCUT2D eigenvalue weighted by atomic mass is 19.1. The molecule has 3 atom stereocenters. The van der Waals surface area contributed by atoms with Gasteiger partial charge in [0.2, 0.25) is 5.91 Å². The van der Waals surface area contributed by atoms with Crippen LogP contribution >= 0.6 is 0 Å². The zero-order valence-corrected chi connectivity index (χ0v) is 14.1. The Labute approximate surface area is 143 Å². The minimum absolute atomic E-state index is 0.0970. The van der Waals surface area contributed by atoms with Crippen LogP contribution in [0.25, 0.3) is 0 Å². The Hall–Kier alpha value is -1.46. The number of ether oxygens (including phenoxy) is 1. The van der Waals surface area contributed by atoms with Crippen LogP contribution in [-0.4, -0.2) is 36.1 Å². The summed E-state index contributed by atoms with van der Waals surface area (Å²) >= 11 is 0. The summed E-state index contributed by atoms with van der Waals surface area (Å²) < 4.78 is 19.2. The largest absolute Gasteiger partial charge is 0.376 e. The van der Waals surface area contributed by atoms with E-state index in [4.69, 9.17) is 10.5 Å². The Morgan fingerprint density at radius 3 is 2.83 bits per heavy atom. The van der Waals surface area contributed by atoms with Crippen molar-refractivity contribution in [3.8, 4) is 0 Å². The first-order valence-electron chi connectivity index (χ1n) is 9.01. The molecule has 2 fully saturated rings. The van der Waals surface area contributed by atoms with Crippen molar-refractivity contribution in [3.63, 3.8) is 0 Å². The Bertz CT molecular complexity index is 560. The third-order valence-electron chi connectivity index (χ3n) is 5.22. The van der Waals surface area contributed by atoms with Gasteiger partial charge in [0, 0.05) is 32.2 Å². The van der Waals surface area contributed by atoms with Crippen LogP contribution in [-0.2, 0) is 16.1 Å². The van der Waals surface area contributed by atoms with Crippen molar-refractivity contribution in [2.24, 2.45) is 11.7 Å². The van der Waals surface area contributed by atoms with Gasteiger partial charge in [0.1, 0.15) is 5.82 Å². The van der Waals surface area contributed by atoms with Gasteiger partial charge in [-0.15, -0.1) is 0 Å². The molecule has 1 aliphatic carbocycles. The quantitative estimate of drug-likeness (QED) is 0.870. The highest BCUT2D eigenvalue weighted by Gasteiger charge is 2.29. The molecule has 4 nitrogen and oxygen atoms in total. The predicted molar refractivity (Wildman–Crippen MR) is 90.7 cm³/mol. The van der Waals surface area contributed by atoms with Crippen molar-refractivity contribution in [2.75, 3.05) is 13.2 Å². The Kier molecular flexibility index (Phi) is 5.85. The topological polar surface area (TPSA) is 55.6 Å². The summed E-state index contributed by atoms with van der Waals surface area (Å²) in [6, 6.07) is 6.60. The lowest BCUT2D eigenvalue weighted by Gasteiger charge is -2.27. The lowest BCUT2D eigenvalue weighted by molar-refractivity contribution is -0.134. The van der Waals surface area contributed by atoms with E-state index in [9.17, 15) is 9.18 Å². The molecule has 3 rings (SSSR count). The highest BCUT2D eigenvalue weighted by molar-refractivity contribution is 5.76. The maximum Gasteiger partial charge on any atom is 0.223 e. The number of benzene rings is 1. The van der Waals surface area contributed by atoms with E-state index in [1.54, 1.807) is 6.07 Å². The lowest BCUT2D eigenvalue weighted by Crippen LogP contribution is -2.39. The molecule has 1 saturated carbocycles. The zero-order chi connectivity index (χ0) is 16.9. The van der Waals surface area contributed by atoms with E-state index < -0.39 is 0 Å². The third kappa shape index (κ3) is 4.54. The van der Waals surface area contributed by atoms with Crippen molar-refractivity contribution in [2.45, 2.75) is 57.2 Å². The highest BCUT2D eigenvalue weighted by Crippen LogP contribution is 2.28. The molecule has 0 bridgehead atoms. The second-order valence-corrected chi connectivity index (χ2v) is 7.10. The first kappa shape index (κ1) is 17.4. The van der Waals surface area contributed by atoms with E-state index >= 15 is 0 Å². The van der Waals surface area contributed by atoms with Gasteiger partial charge in [-0.05, 0) is 49.3 Å². The van der Waals surface area contributed by atoms with E-state index in [1.165, 1.54) is 12.1 Å². The fraction of sp³-hybridized carbons (Fsp3) is 0.632. The average Bonchev–Trinajstić information content (AvgIpc) is 3.19. The van der Waals surface area contributed by atoms with E-state index in [0.717, 1.165) is 44.3 Å². The van der Waals surface area contributed by atoms with Gasteiger partial charge in [0.15, 0.2) is 0 Å². The number of nitrogens with two attached hydrogens (primary N) is 1. The molecule has 1 aliphatic heterocycles. The molecule has 1 unspecified atom stereocenters. The van der Waals surface area contributed by atoms with Crippen LogP contribution in [0, 0.1) is 11.7 Å². The van der Waals surface area contributed by atoms with Gasteiger partial charge in [0.05, 0.1) is 6.10 Å². The molecule has 1 saturated heterocycles. The summed E-state index contributed by atoms with van der Waals surface area (Å²) in [5, 5.41) is 0. The number of nitrogens with zero attached hydrogens (tertiary/aromatic N) is 1. The summed E-state index contributed by atoms with van der Waals surface area (Å²) in [6.45, 7) is 1.77. The zero-order valence-electron chi connectivity index (χ0n) is 14.1. The summed E-state index contributed by atoms with van der Waals surface area (Å²) in [4.78, 5) is 14.7. The van der Waals surface area contributed by atoms with Gasteiger partial charge in [0.25, 0.3) is 0 Å². The lowest BCUT2D eigenvalue weighted by atomic mass is 9.99. The number of halogens is 1. The minimum atomic E-state index is -0.269. The van der Waals surface area contributed by atoms with Crippen LogP contribution in [0.3, 0.4) is 0 Å². The molecule has 1 aromatic carbocycles. The van der Waals surface area contributed by atoms with Gasteiger partial charge in [-0.25, -0.2) is 4.39 Å². The van der Waals surface area contributed by atoms with Crippen LogP contribution in [0.15, 0.2) is 24.3 Å². The fourth-order valence-electron chi connectivity index (χ4n) is 3.82. The maximum atomic E-state index is 13.5. The first-order chi connectivity index (χ1) is 11.6. The van der Waals surface area contributed by atoms with Crippen LogP contribution in [0.4, 0.5) is 4.39 Å². The third-order valence-corrected chi connectivity index (χ3v) is 5.22. The van der Waals surface area contributed by atoms with Gasteiger partial charge < -0.3 is 15.4 Å². The van der Waals surface area contributed by atoms with Crippen molar-refractivity contribution in [1.82, 2.24) is 4.90 Å². The summed E-state index contributed by atoms with van der Waals surface area (Å²) in [5.41, 5.74) is 6.94. The Balaban J connectivity index is 1.66. The van der Waals surface area contributed by atoms with Crippen LogP contribution in [0.1, 0.15) is 44.1 Å². The monoisotopic (exact) mass is 334 g/mol. The van der Waals surface area contributed by atoms with Gasteiger partial charge >= 0.3 is 0 Å². The van der Waals surface area contributed by atoms with Crippen LogP contribution in [0.5, 0.6) is 0 Å². The molecule has 2 aliphatic rings. The molecule has 1 amide bonds. The molecule has 132 valence electrons. The van der Waals surface area contributed by atoms with E-state index in [0.29, 0.717) is 19.5 Å². The molecule has 0 radical (unpaired) electrons. The standard InChI is InChI=1S/C19H27FN2O2/c20-16-6-1-4-14(10-16)12-22(13-17-7-3-9-24-17)19(23)11-15-5-2-8-18(15)21/h1,4,6,10,15,17-18H,2-3,5,7-9,11-13,21H2/t15-,17?,18+/m0/s1. The SMILES string of the molecule is N[C@@H]1CCC[C@H]1CC(=O)N(Cc1cccc(F)c1)CC1CCCO1. The molecular weight excluding hydrogens is 307 g/mol. The second-order valence-electron chi connectivity index (χ2n) is 7.10. The minimum Gasteiger partial charge on any atom is -0.376 e. The Morgan fingerprint density at radius 2 is 2.17 bits per heavy atom. The number of amides is 1.